The molecule has 1 aromatic carbocycles. The Morgan fingerprint density at radius 1 is 1.35 bits per heavy atom. The predicted octanol–water partition coefficient (Wildman–Crippen LogP) is 3.33. The molecule has 92 valence electrons. The molecule has 0 unspecified atom stereocenters. The second-order valence-electron chi connectivity index (χ2n) is 5.23. The highest BCUT2D eigenvalue weighted by atomic mass is 35.5. The molecule has 1 heterocycles. The normalized spacial score (nSPS) is 12.3. The molecule has 2 nitrogen and oxygen atoms in total. The average molecular weight is 251 g/mol. The summed E-state index contributed by atoms with van der Waals surface area (Å²) in [6.45, 7) is 5.44. The van der Waals surface area contributed by atoms with Crippen molar-refractivity contribution in [2.75, 3.05) is 13.6 Å². The van der Waals surface area contributed by atoms with Crippen LogP contribution in [0.15, 0.2) is 24.4 Å². The Bertz CT molecular complexity index is 540. The van der Waals surface area contributed by atoms with E-state index >= 15 is 0 Å². The highest BCUT2D eigenvalue weighted by molar-refractivity contribution is 6.31. The van der Waals surface area contributed by atoms with Crippen molar-refractivity contribution < 1.29 is 0 Å². The van der Waals surface area contributed by atoms with Gasteiger partial charge in [-0.05, 0) is 30.8 Å². The molecule has 2 rings (SSSR count). The third kappa shape index (κ3) is 2.20. The van der Waals surface area contributed by atoms with Gasteiger partial charge in [-0.25, -0.2) is 0 Å². The number of aryl methyl sites for hydroxylation is 1. The first-order valence-electron chi connectivity index (χ1n) is 5.85. The van der Waals surface area contributed by atoms with Gasteiger partial charge in [0, 0.05) is 41.1 Å². The topological polar surface area (TPSA) is 17.0 Å². The lowest BCUT2D eigenvalue weighted by Crippen LogP contribution is -2.30. The molecule has 0 aliphatic carbocycles. The van der Waals surface area contributed by atoms with Crippen LogP contribution in [-0.2, 0) is 12.5 Å². The highest BCUT2D eigenvalue weighted by Gasteiger charge is 2.24. The Morgan fingerprint density at radius 3 is 2.71 bits per heavy atom. The monoisotopic (exact) mass is 250 g/mol. The summed E-state index contributed by atoms with van der Waals surface area (Å²) < 4.78 is 2.17. The summed E-state index contributed by atoms with van der Waals surface area (Å²) in [7, 11) is 4.06. The van der Waals surface area contributed by atoms with Crippen molar-refractivity contribution in [2.24, 2.45) is 7.05 Å². The minimum atomic E-state index is 0.0962. The third-order valence-electron chi connectivity index (χ3n) is 3.30. The van der Waals surface area contributed by atoms with Gasteiger partial charge in [0.15, 0.2) is 0 Å². The first kappa shape index (κ1) is 12.5. The summed E-state index contributed by atoms with van der Waals surface area (Å²) in [5.41, 5.74) is 2.67. The summed E-state index contributed by atoms with van der Waals surface area (Å²) in [6.07, 6.45) is 2.21. The maximum absolute atomic E-state index is 6.10. The van der Waals surface area contributed by atoms with Crippen molar-refractivity contribution in [3.05, 3.63) is 35.0 Å². The van der Waals surface area contributed by atoms with Gasteiger partial charge in [-0.15, -0.1) is 0 Å². The number of benzene rings is 1. The van der Waals surface area contributed by atoms with Crippen LogP contribution in [0.4, 0.5) is 0 Å². The molecule has 0 atom stereocenters. The number of nitrogens with one attached hydrogen (secondary N) is 1. The Kier molecular flexibility index (Phi) is 3.19. The molecule has 0 aliphatic heterocycles. The third-order valence-corrected chi connectivity index (χ3v) is 3.53. The van der Waals surface area contributed by atoms with Gasteiger partial charge in [-0.1, -0.05) is 25.4 Å². The number of halogens is 1. The molecule has 0 fully saturated rings. The number of rotatable bonds is 3. The maximum Gasteiger partial charge on any atom is 0.0481 e. The zero-order valence-electron chi connectivity index (χ0n) is 10.8. The number of nitrogens with zero attached hydrogens (tertiary/aromatic N) is 1. The summed E-state index contributed by atoms with van der Waals surface area (Å²) in [6, 6.07) is 6.08. The van der Waals surface area contributed by atoms with E-state index in [4.69, 9.17) is 11.6 Å². The minimum absolute atomic E-state index is 0.0962. The zero-order chi connectivity index (χ0) is 12.6. The van der Waals surface area contributed by atoms with Gasteiger partial charge in [0.05, 0.1) is 0 Å². The fraction of sp³-hybridized carbons (Fsp3) is 0.429. The molecular formula is C14H19ClN2. The van der Waals surface area contributed by atoms with Crippen LogP contribution in [0.2, 0.25) is 5.02 Å². The van der Waals surface area contributed by atoms with Crippen LogP contribution in [0.3, 0.4) is 0 Å². The summed E-state index contributed by atoms with van der Waals surface area (Å²) >= 11 is 6.10. The summed E-state index contributed by atoms with van der Waals surface area (Å²) in [4.78, 5) is 0. The van der Waals surface area contributed by atoms with Gasteiger partial charge in [0.1, 0.15) is 0 Å². The molecule has 1 aromatic heterocycles. The van der Waals surface area contributed by atoms with Crippen LogP contribution in [0.5, 0.6) is 0 Å². The van der Waals surface area contributed by atoms with Gasteiger partial charge in [0.2, 0.25) is 0 Å². The van der Waals surface area contributed by atoms with E-state index in [1.54, 1.807) is 0 Å². The molecule has 1 N–H and O–H groups in total. The summed E-state index contributed by atoms with van der Waals surface area (Å²) in [5.74, 6) is 0. The van der Waals surface area contributed by atoms with Crippen LogP contribution in [0.25, 0.3) is 10.9 Å². The van der Waals surface area contributed by atoms with Crippen molar-refractivity contribution in [2.45, 2.75) is 19.3 Å². The van der Waals surface area contributed by atoms with Crippen molar-refractivity contribution in [3.8, 4) is 0 Å². The van der Waals surface area contributed by atoms with Gasteiger partial charge < -0.3 is 9.88 Å². The molecule has 3 heteroatoms. The Labute approximate surface area is 108 Å². The number of fused-ring (bicyclic) bond motifs is 1. The second kappa shape index (κ2) is 4.35. The van der Waals surface area contributed by atoms with Crippen LogP contribution in [0, 0.1) is 0 Å². The molecule has 0 saturated carbocycles. The van der Waals surface area contributed by atoms with E-state index in [1.807, 2.05) is 13.1 Å². The number of likely N-dealkylation sites (N-methyl/N-ethyl adjacent to an activating group) is 1. The molecule has 0 amide bonds. The number of aromatic nitrogens is 1. The van der Waals surface area contributed by atoms with E-state index in [-0.39, 0.29) is 5.41 Å². The Morgan fingerprint density at radius 2 is 2.06 bits per heavy atom. The first-order valence-corrected chi connectivity index (χ1v) is 6.23. The van der Waals surface area contributed by atoms with Crippen LogP contribution < -0.4 is 5.32 Å². The predicted molar refractivity (Wildman–Crippen MR) is 74.9 cm³/mol. The molecule has 0 bridgehead atoms. The van der Waals surface area contributed by atoms with E-state index in [9.17, 15) is 0 Å². The number of hydrogen-bond donors (Lipinski definition) is 1. The molecule has 0 saturated heterocycles. The fourth-order valence-electron chi connectivity index (χ4n) is 2.44. The molecule has 2 aromatic rings. The Balaban J connectivity index is 2.65. The van der Waals surface area contributed by atoms with E-state index in [0.717, 1.165) is 11.6 Å². The Hall–Kier alpha value is -0.990. The van der Waals surface area contributed by atoms with E-state index in [0.29, 0.717) is 0 Å². The van der Waals surface area contributed by atoms with Gasteiger partial charge in [0.25, 0.3) is 0 Å². The lowest BCUT2D eigenvalue weighted by Gasteiger charge is -2.24. The van der Waals surface area contributed by atoms with Gasteiger partial charge in [-0.3, -0.25) is 0 Å². The quantitative estimate of drug-likeness (QED) is 0.884. The summed E-state index contributed by atoms with van der Waals surface area (Å²) in [5, 5.41) is 5.30. The van der Waals surface area contributed by atoms with Crippen molar-refractivity contribution in [3.63, 3.8) is 0 Å². The SMILES string of the molecule is CNCC(C)(C)c1cn(C)c2ccc(Cl)cc12. The maximum atomic E-state index is 6.10. The molecule has 0 radical (unpaired) electrons. The van der Waals surface area contributed by atoms with Crippen LogP contribution in [-0.4, -0.2) is 18.2 Å². The molecule has 0 aliphatic rings. The second-order valence-corrected chi connectivity index (χ2v) is 5.67. The molecular weight excluding hydrogens is 232 g/mol. The van der Waals surface area contributed by atoms with Gasteiger partial charge in [-0.2, -0.15) is 0 Å². The molecule has 0 spiro atoms. The van der Waals surface area contributed by atoms with Crippen LogP contribution in [0.1, 0.15) is 19.4 Å². The van der Waals surface area contributed by atoms with E-state index in [2.05, 4.69) is 49.1 Å². The van der Waals surface area contributed by atoms with Crippen molar-refractivity contribution in [1.29, 1.82) is 0 Å². The van der Waals surface area contributed by atoms with Gasteiger partial charge >= 0.3 is 0 Å². The van der Waals surface area contributed by atoms with Crippen LogP contribution >= 0.6 is 11.6 Å². The largest absolute Gasteiger partial charge is 0.350 e. The average Bonchev–Trinajstić information content (AvgIpc) is 2.56. The van der Waals surface area contributed by atoms with E-state index in [1.165, 1.54) is 16.5 Å². The smallest absolute Gasteiger partial charge is 0.0481 e. The highest BCUT2D eigenvalue weighted by Crippen LogP contribution is 2.32. The van der Waals surface area contributed by atoms with E-state index < -0.39 is 0 Å². The minimum Gasteiger partial charge on any atom is -0.350 e. The fourth-order valence-corrected chi connectivity index (χ4v) is 2.61. The lowest BCUT2D eigenvalue weighted by molar-refractivity contribution is 0.496. The molecule has 17 heavy (non-hydrogen) atoms. The first-order chi connectivity index (χ1) is 7.95. The zero-order valence-corrected chi connectivity index (χ0v) is 11.6. The van der Waals surface area contributed by atoms with Crippen molar-refractivity contribution in [1.82, 2.24) is 9.88 Å². The standard InChI is InChI=1S/C14H19ClN2/c1-14(2,9-16-3)12-8-17(4)13-6-5-10(15)7-11(12)13/h5-8,16H,9H2,1-4H3. The lowest BCUT2D eigenvalue weighted by atomic mass is 9.84. The van der Waals surface area contributed by atoms with Crippen molar-refractivity contribution >= 4 is 22.5 Å². The number of hydrogen-bond acceptors (Lipinski definition) is 1.